The predicted octanol–water partition coefficient (Wildman–Crippen LogP) is 2.94. The molecular weight excluding hydrogens is 272 g/mol. The van der Waals surface area contributed by atoms with E-state index in [-0.39, 0.29) is 5.78 Å². The van der Waals surface area contributed by atoms with Gasteiger partial charge in [0, 0.05) is 49.2 Å². The number of benzene rings is 1. The highest BCUT2D eigenvalue weighted by atomic mass is 35.5. The van der Waals surface area contributed by atoms with E-state index in [9.17, 15) is 4.79 Å². The summed E-state index contributed by atoms with van der Waals surface area (Å²) in [6.45, 7) is 6.27. The summed E-state index contributed by atoms with van der Waals surface area (Å²) in [6, 6.07) is 7.84. The number of piperazine rings is 1. The van der Waals surface area contributed by atoms with Gasteiger partial charge in [-0.3, -0.25) is 4.79 Å². The molecule has 3 nitrogen and oxygen atoms in total. The number of hydrogen-bond acceptors (Lipinski definition) is 3. The third-order valence-corrected chi connectivity index (χ3v) is 4.37. The van der Waals surface area contributed by atoms with E-state index in [1.54, 1.807) is 12.1 Å². The van der Waals surface area contributed by atoms with E-state index in [2.05, 4.69) is 23.8 Å². The molecule has 0 radical (unpaired) electrons. The summed E-state index contributed by atoms with van der Waals surface area (Å²) in [5, 5.41) is 0.626. The number of hydrogen-bond donors (Lipinski definition) is 0. The Hall–Kier alpha value is -0.900. The van der Waals surface area contributed by atoms with Crippen molar-refractivity contribution in [3.8, 4) is 0 Å². The summed E-state index contributed by atoms with van der Waals surface area (Å²) >= 11 is 5.92. The monoisotopic (exact) mass is 294 g/mol. The second kappa shape index (κ2) is 7.21. The molecule has 4 heteroatoms. The minimum absolute atomic E-state index is 0.180. The maximum Gasteiger partial charge on any atom is 0.164 e. The average molecular weight is 295 g/mol. The summed E-state index contributed by atoms with van der Waals surface area (Å²) < 4.78 is 0. The number of halogens is 1. The minimum atomic E-state index is 0.180. The summed E-state index contributed by atoms with van der Waals surface area (Å²) in [5.74, 6) is 0.180. The molecule has 0 saturated carbocycles. The van der Waals surface area contributed by atoms with Crippen molar-refractivity contribution in [3.63, 3.8) is 0 Å². The van der Waals surface area contributed by atoms with Crippen LogP contribution in [0.4, 0.5) is 0 Å². The lowest BCUT2D eigenvalue weighted by molar-refractivity contribution is 0.0824. The molecule has 1 aliphatic heterocycles. The topological polar surface area (TPSA) is 23.6 Å². The molecule has 0 spiro atoms. The maximum absolute atomic E-state index is 12.2. The molecular formula is C16H23ClN2O. The Kier molecular flexibility index (Phi) is 5.58. The van der Waals surface area contributed by atoms with Crippen LogP contribution in [0.25, 0.3) is 0 Å². The van der Waals surface area contributed by atoms with Gasteiger partial charge in [-0.15, -0.1) is 0 Å². The second-order valence-corrected chi connectivity index (χ2v) is 5.96. The van der Waals surface area contributed by atoms with Crippen molar-refractivity contribution < 1.29 is 4.79 Å². The molecule has 0 N–H and O–H groups in total. The molecule has 0 amide bonds. The van der Waals surface area contributed by atoms with Gasteiger partial charge in [-0.25, -0.2) is 0 Å². The first-order valence-corrected chi connectivity index (χ1v) is 7.69. The highest BCUT2D eigenvalue weighted by Crippen LogP contribution is 2.14. The third-order valence-electron chi connectivity index (χ3n) is 4.13. The Bertz CT molecular complexity index is 464. The lowest BCUT2D eigenvalue weighted by atomic mass is 10.1. The van der Waals surface area contributed by atoms with E-state index in [0.717, 1.165) is 38.2 Å². The second-order valence-electron chi connectivity index (χ2n) is 5.53. The zero-order valence-electron chi connectivity index (χ0n) is 12.3. The summed E-state index contributed by atoms with van der Waals surface area (Å²) in [5.41, 5.74) is 0.721. The molecule has 1 saturated heterocycles. The maximum atomic E-state index is 12.2. The number of Topliss-reactive ketones (excluding diaryl/α,β-unsaturated/α-hetero) is 1. The first-order valence-electron chi connectivity index (χ1n) is 7.31. The molecule has 1 fully saturated rings. The Labute approximate surface area is 126 Å². The van der Waals surface area contributed by atoms with Crippen molar-refractivity contribution in [2.45, 2.75) is 25.8 Å². The van der Waals surface area contributed by atoms with E-state index in [1.807, 2.05) is 12.1 Å². The highest BCUT2D eigenvalue weighted by Gasteiger charge is 2.22. The van der Waals surface area contributed by atoms with Crippen LogP contribution in [-0.4, -0.2) is 54.9 Å². The van der Waals surface area contributed by atoms with Crippen LogP contribution in [0.15, 0.2) is 24.3 Å². The fraction of sp³-hybridized carbons (Fsp3) is 0.562. The Morgan fingerprint density at radius 2 is 2.20 bits per heavy atom. The van der Waals surface area contributed by atoms with Crippen LogP contribution in [0, 0.1) is 0 Å². The fourth-order valence-corrected chi connectivity index (χ4v) is 2.91. The number of carbonyl (C=O) groups excluding carboxylic acids is 1. The number of nitrogens with zero attached hydrogens (tertiary/aromatic N) is 2. The van der Waals surface area contributed by atoms with Crippen LogP contribution in [0.2, 0.25) is 5.02 Å². The van der Waals surface area contributed by atoms with Crippen molar-refractivity contribution in [1.29, 1.82) is 0 Å². The lowest BCUT2D eigenvalue weighted by Crippen LogP contribution is -2.51. The number of ketones is 1. The van der Waals surface area contributed by atoms with Gasteiger partial charge in [0.2, 0.25) is 0 Å². The van der Waals surface area contributed by atoms with Gasteiger partial charge in [0.05, 0.1) is 0 Å². The normalized spacial score (nSPS) is 21.1. The first kappa shape index (κ1) is 15.5. The molecule has 0 aromatic heterocycles. The van der Waals surface area contributed by atoms with Gasteiger partial charge in [0.15, 0.2) is 5.78 Å². The van der Waals surface area contributed by atoms with Crippen molar-refractivity contribution in [1.82, 2.24) is 9.80 Å². The molecule has 0 bridgehead atoms. The molecule has 1 atom stereocenters. The van der Waals surface area contributed by atoms with Gasteiger partial charge in [-0.05, 0) is 25.6 Å². The standard InChI is InChI=1S/C16H23ClN2O/c1-3-15-12-19(10-9-18(15)2)8-7-16(20)13-5-4-6-14(17)11-13/h4-6,11,15H,3,7-10,12H2,1-2H3. The molecule has 110 valence electrons. The number of rotatable bonds is 5. The van der Waals surface area contributed by atoms with Crippen molar-refractivity contribution in [2.24, 2.45) is 0 Å². The van der Waals surface area contributed by atoms with Crippen LogP contribution >= 0.6 is 11.6 Å². The van der Waals surface area contributed by atoms with E-state index in [0.29, 0.717) is 17.5 Å². The van der Waals surface area contributed by atoms with Gasteiger partial charge in [-0.2, -0.15) is 0 Å². The van der Waals surface area contributed by atoms with Gasteiger partial charge in [0.25, 0.3) is 0 Å². The highest BCUT2D eigenvalue weighted by molar-refractivity contribution is 6.31. The van der Waals surface area contributed by atoms with E-state index < -0.39 is 0 Å². The molecule has 1 aliphatic rings. The van der Waals surface area contributed by atoms with Gasteiger partial charge < -0.3 is 9.80 Å². The van der Waals surface area contributed by atoms with E-state index in [1.165, 1.54) is 0 Å². The molecule has 1 unspecified atom stereocenters. The van der Waals surface area contributed by atoms with Crippen LogP contribution in [-0.2, 0) is 0 Å². The lowest BCUT2D eigenvalue weighted by Gasteiger charge is -2.39. The van der Waals surface area contributed by atoms with Crippen molar-refractivity contribution >= 4 is 17.4 Å². The number of carbonyl (C=O) groups is 1. The Morgan fingerprint density at radius 1 is 1.40 bits per heavy atom. The van der Waals surface area contributed by atoms with Crippen molar-refractivity contribution in [2.75, 3.05) is 33.2 Å². The molecule has 0 aliphatic carbocycles. The SMILES string of the molecule is CCC1CN(CCC(=O)c2cccc(Cl)c2)CCN1C. The summed E-state index contributed by atoms with van der Waals surface area (Å²) in [6.07, 6.45) is 1.73. The molecule has 1 aromatic rings. The minimum Gasteiger partial charge on any atom is -0.301 e. The fourth-order valence-electron chi connectivity index (χ4n) is 2.72. The first-order chi connectivity index (χ1) is 9.60. The smallest absolute Gasteiger partial charge is 0.164 e. The quantitative estimate of drug-likeness (QED) is 0.780. The van der Waals surface area contributed by atoms with Crippen LogP contribution in [0.3, 0.4) is 0 Å². The molecule has 1 heterocycles. The van der Waals surface area contributed by atoms with Crippen LogP contribution in [0.1, 0.15) is 30.1 Å². The number of likely N-dealkylation sites (N-methyl/N-ethyl adjacent to an activating group) is 1. The summed E-state index contributed by atoms with van der Waals surface area (Å²) in [7, 11) is 2.18. The van der Waals surface area contributed by atoms with E-state index in [4.69, 9.17) is 11.6 Å². The largest absolute Gasteiger partial charge is 0.301 e. The predicted molar refractivity (Wildman–Crippen MR) is 83.5 cm³/mol. The van der Waals surface area contributed by atoms with E-state index >= 15 is 0 Å². The summed E-state index contributed by atoms with van der Waals surface area (Å²) in [4.78, 5) is 17.0. The van der Waals surface area contributed by atoms with Gasteiger partial charge in [-0.1, -0.05) is 30.7 Å². The Balaban J connectivity index is 1.84. The zero-order valence-corrected chi connectivity index (χ0v) is 13.1. The molecule has 2 rings (SSSR count). The zero-order chi connectivity index (χ0) is 14.5. The van der Waals surface area contributed by atoms with Crippen LogP contribution in [0.5, 0.6) is 0 Å². The Morgan fingerprint density at radius 3 is 2.90 bits per heavy atom. The van der Waals surface area contributed by atoms with Crippen molar-refractivity contribution in [3.05, 3.63) is 34.9 Å². The van der Waals surface area contributed by atoms with Gasteiger partial charge in [0.1, 0.15) is 0 Å². The average Bonchev–Trinajstić information content (AvgIpc) is 2.46. The van der Waals surface area contributed by atoms with Gasteiger partial charge >= 0.3 is 0 Å². The third kappa shape index (κ3) is 4.05. The van der Waals surface area contributed by atoms with Crippen LogP contribution < -0.4 is 0 Å². The molecule has 20 heavy (non-hydrogen) atoms. The molecule has 1 aromatic carbocycles.